The second-order valence-corrected chi connectivity index (χ2v) is 5.25. The summed E-state index contributed by atoms with van der Waals surface area (Å²) in [4.78, 5) is 35.8. The third kappa shape index (κ3) is 5.57. The Kier molecular flexibility index (Phi) is 6.91. The molecule has 0 aromatic heterocycles. The van der Waals surface area contributed by atoms with Crippen molar-refractivity contribution in [2.24, 2.45) is 0 Å². The largest absolute Gasteiger partial charge is 0.481 e. The minimum Gasteiger partial charge on any atom is -0.481 e. The second-order valence-electron chi connectivity index (χ2n) is 5.25. The highest BCUT2D eigenvalue weighted by atomic mass is 16.6. The van der Waals surface area contributed by atoms with Crippen LogP contribution in [0.15, 0.2) is 54.6 Å². The molecule has 0 bridgehead atoms. The number of rotatable bonds is 6. The third-order valence-electron chi connectivity index (χ3n) is 3.41. The van der Waals surface area contributed by atoms with E-state index in [1.54, 1.807) is 54.6 Å². The average molecular weight is 367 g/mol. The fourth-order valence-corrected chi connectivity index (χ4v) is 2.13. The van der Waals surface area contributed by atoms with E-state index in [9.17, 15) is 14.4 Å². The predicted molar refractivity (Wildman–Crippen MR) is 94.5 cm³/mol. The molecule has 8 nitrogen and oxygen atoms in total. The minimum absolute atomic E-state index is 0.225. The normalized spacial score (nSPS) is 10.8. The number of carbonyl (C=O) groups is 3. The molecule has 2 N–H and O–H groups in total. The van der Waals surface area contributed by atoms with E-state index < -0.39 is 30.6 Å². The predicted octanol–water partition coefficient (Wildman–Crippen LogP) is 1.68. The number of hydrogen-bond acceptors (Lipinski definition) is 6. The molecule has 0 heterocycles. The van der Waals surface area contributed by atoms with Crippen molar-refractivity contribution in [3.63, 3.8) is 0 Å². The van der Waals surface area contributed by atoms with Crippen LogP contribution in [0.1, 0.15) is 17.2 Å². The zero-order chi connectivity index (χ0) is 19.6. The molecule has 0 spiro atoms. The number of hydrogen-bond donors (Lipinski definition) is 2. The molecule has 1 atom stereocenters. The molecule has 2 aromatic carbocycles. The number of benzene rings is 2. The van der Waals surface area contributed by atoms with Gasteiger partial charge in [-0.15, -0.1) is 0 Å². The van der Waals surface area contributed by atoms with Gasteiger partial charge in [-0.05, 0) is 12.1 Å². The summed E-state index contributed by atoms with van der Waals surface area (Å²) in [7, 11) is 1.35. The summed E-state index contributed by atoms with van der Waals surface area (Å²) in [6.45, 7) is -0.505. The lowest BCUT2D eigenvalue weighted by atomic mass is 10.1. The van der Waals surface area contributed by atoms with Gasteiger partial charge in [0.05, 0.1) is 5.56 Å². The lowest BCUT2D eigenvalue weighted by Crippen LogP contribution is -2.41. The average Bonchev–Trinajstić information content (AvgIpc) is 2.71. The smallest absolute Gasteiger partial charge is 0.345 e. The minimum atomic E-state index is -1.33. The molecular weight excluding hydrogens is 350 g/mol. The van der Waals surface area contributed by atoms with Crippen LogP contribution in [0.4, 0.5) is 4.79 Å². The second kappa shape index (κ2) is 9.58. The number of para-hydroxylation sites is 1. The van der Waals surface area contributed by atoms with E-state index in [0.29, 0.717) is 5.56 Å². The van der Waals surface area contributed by atoms with Crippen molar-refractivity contribution in [2.75, 3.05) is 13.7 Å². The molecule has 0 radical (unpaired) electrons. The molecule has 0 saturated carbocycles. The van der Waals surface area contributed by atoms with Crippen LogP contribution in [0.25, 0.3) is 0 Å². The summed E-state index contributed by atoms with van der Waals surface area (Å²) in [5.74, 6) is -1.40. The summed E-state index contributed by atoms with van der Waals surface area (Å²) >= 11 is 0. The number of urea groups is 1. The van der Waals surface area contributed by atoms with Gasteiger partial charge in [-0.1, -0.05) is 42.5 Å². The zero-order valence-electron chi connectivity index (χ0n) is 14.5. The fourth-order valence-electron chi connectivity index (χ4n) is 2.13. The van der Waals surface area contributed by atoms with Crippen molar-refractivity contribution in [1.82, 2.24) is 10.6 Å². The van der Waals surface area contributed by atoms with Crippen molar-refractivity contribution in [2.45, 2.75) is 6.10 Å². The van der Waals surface area contributed by atoms with Crippen molar-refractivity contribution >= 4 is 17.9 Å². The van der Waals surface area contributed by atoms with Gasteiger partial charge in [0, 0.05) is 12.6 Å². The lowest BCUT2D eigenvalue weighted by Gasteiger charge is -2.17. The Balaban J connectivity index is 2.08. The first-order chi connectivity index (χ1) is 13.0. The summed E-state index contributed by atoms with van der Waals surface area (Å²) in [5.41, 5.74) is 0.659. The Morgan fingerprint density at radius 3 is 2.41 bits per heavy atom. The summed E-state index contributed by atoms with van der Waals surface area (Å²) in [6, 6.07) is 15.9. The van der Waals surface area contributed by atoms with E-state index in [2.05, 4.69) is 10.6 Å². The molecule has 0 aliphatic rings. The Labute approximate surface area is 155 Å². The van der Waals surface area contributed by atoms with Crippen molar-refractivity contribution in [1.29, 1.82) is 5.26 Å². The van der Waals surface area contributed by atoms with Gasteiger partial charge in [0.15, 0.2) is 6.61 Å². The van der Waals surface area contributed by atoms with Gasteiger partial charge in [-0.25, -0.2) is 9.59 Å². The Morgan fingerprint density at radius 2 is 1.74 bits per heavy atom. The van der Waals surface area contributed by atoms with Gasteiger partial charge in [0.2, 0.25) is 6.10 Å². The van der Waals surface area contributed by atoms with Crippen LogP contribution in [0.2, 0.25) is 0 Å². The summed E-state index contributed by atoms with van der Waals surface area (Å²) in [6.07, 6.45) is -1.33. The van der Waals surface area contributed by atoms with Crippen LogP contribution in [-0.2, 0) is 14.3 Å². The van der Waals surface area contributed by atoms with Crippen LogP contribution in [0.5, 0.6) is 5.75 Å². The highest BCUT2D eigenvalue weighted by Crippen LogP contribution is 2.19. The quantitative estimate of drug-likeness (QED) is 0.750. The van der Waals surface area contributed by atoms with Crippen LogP contribution in [0, 0.1) is 11.3 Å². The lowest BCUT2D eigenvalue weighted by molar-refractivity contribution is -0.158. The number of nitrogens with zero attached hydrogens (tertiary/aromatic N) is 1. The van der Waals surface area contributed by atoms with E-state index in [4.69, 9.17) is 14.7 Å². The van der Waals surface area contributed by atoms with Gasteiger partial charge in [-0.2, -0.15) is 5.26 Å². The van der Waals surface area contributed by atoms with Crippen LogP contribution < -0.4 is 15.4 Å². The zero-order valence-corrected chi connectivity index (χ0v) is 14.5. The highest BCUT2D eigenvalue weighted by molar-refractivity contribution is 5.97. The molecule has 0 aliphatic heterocycles. The molecule has 0 fully saturated rings. The molecule has 3 amide bonds. The van der Waals surface area contributed by atoms with Gasteiger partial charge in [-0.3, -0.25) is 10.1 Å². The van der Waals surface area contributed by atoms with Crippen molar-refractivity contribution < 1.29 is 23.9 Å². The maximum atomic E-state index is 12.3. The van der Waals surface area contributed by atoms with E-state index in [0.717, 1.165) is 0 Å². The number of imide groups is 1. The Hall–Kier alpha value is -3.86. The molecule has 0 unspecified atom stereocenters. The van der Waals surface area contributed by atoms with Gasteiger partial charge in [0.1, 0.15) is 11.8 Å². The first-order valence-electron chi connectivity index (χ1n) is 7.94. The third-order valence-corrected chi connectivity index (χ3v) is 3.41. The first kappa shape index (κ1) is 19.5. The fraction of sp³-hybridized carbons (Fsp3) is 0.158. The van der Waals surface area contributed by atoms with Crippen LogP contribution >= 0.6 is 0 Å². The monoisotopic (exact) mass is 367 g/mol. The maximum Gasteiger partial charge on any atom is 0.345 e. The Morgan fingerprint density at radius 1 is 1.07 bits per heavy atom. The summed E-state index contributed by atoms with van der Waals surface area (Å²) in [5, 5.41) is 13.3. The highest BCUT2D eigenvalue weighted by Gasteiger charge is 2.26. The topological polar surface area (TPSA) is 118 Å². The van der Waals surface area contributed by atoms with E-state index in [-0.39, 0.29) is 11.3 Å². The number of carbonyl (C=O) groups excluding carboxylic acids is 3. The molecule has 2 rings (SSSR count). The molecule has 138 valence electrons. The van der Waals surface area contributed by atoms with Crippen LogP contribution in [0.3, 0.4) is 0 Å². The van der Waals surface area contributed by atoms with E-state index in [1.165, 1.54) is 7.05 Å². The standard InChI is InChI=1S/C19H17N3O5/c1-21-19(25)22-18(24)17(13-7-3-2-4-8-13)27-16(23)12-26-15-10-6-5-9-14(15)11-20/h2-10,17H,12H2,1H3,(H2,21,22,24,25)/t17-/m0/s1. The molecule has 8 heteroatoms. The SMILES string of the molecule is CNC(=O)NC(=O)[C@@H](OC(=O)COc1ccccc1C#N)c1ccccc1. The number of esters is 1. The van der Waals surface area contributed by atoms with Crippen molar-refractivity contribution in [3.8, 4) is 11.8 Å². The number of nitriles is 1. The number of nitrogens with one attached hydrogen (secondary N) is 2. The van der Waals surface area contributed by atoms with E-state index in [1.807, 2.05) is 6.07 Å². The van der Waals surface area contributed by atoms with Gasteiger partial charge in [0.25, 0.3) is 5.91 Å². The first-order valence-corrected chi connectivity index (χ1v) is 7.94. The van der Waals surface area contributed by atoms with Crippen molar-refractivity contribution in [3.05, 3.63) is 65.7 Å². The number of ether oxygens (including phenoxy) is 2. The van der Waals surface area contributed by atoms with Gasteiger partial charge >= 0.3 is 12.0 Å². The van der Waals surface area contributed by atoms with Gasteiger partial charge < -0.3 is 14.8 Å². The maximum absolute atomic E-state index is 12.3. The molecule has 2 aromatic rings. The molecule has 27 heavy (non-hydrogen) atoms. The number of amides is 3. The molecule has 0 saturated heterocycles. The summed E-state index contributed by atoms with van der Waals surface area (Å²) < 4.78 is 10.5. The van der Waals surface area contributed by atoms with Crippen LogP contribution in [-0.4, -0.2) is 31.6 Å². The molecule has 0 aliphatic carbocycles. The molecular formula is C19H17N3O5. The van der Waals surface area contributed by atoms with E-state index >= 15 is 0 Å². The Bertz CT molecular complexity index is 861.